The predicted octanol–water partition coefficient (Wildman–Crippen LogP) is 3.42. The van der Waals surface area contributed by atoms with E-state index in [1.165, 1.54) is 7.11 Å². The molecule has 1 aliphatic carbocycles. The third kappa shape index (κ3) is 4.34. The molecule has 1 unspecified atom stereocenters. The summed E-state index contributed by atoms with van der Waals surface area (Å²) >= 11 is 6.24. The normalized spacial score (nSPS) is 16.1. The molecule has 22 heavy (non-hydrogen) atoms. The largest absolute Gasteiger partial charge is 0.467 e. The number of carbonyl (C=O) groups is 2. The van der Waals surface area contributed by atoms with Gasteiger partial charge in [-0.05, 0) is 37.8 Å². The van der Waals surface area contributed by atoms with Crippen LogP contribution in [0, 0.1) is 0 Å². The van der Waals surface area contributed by atoms with Gasteiger partial charge in [-0.2, -0.15) is 0 Å². The second-order valence-corrected chi connectivity index (χ2v) is 5.79. The molecular formula is C17H20ClNO3. The van der Waals surface area contributed by atoms with Crippen molar-refractivity contribution in [3.8, 4) is 0 Å². The highest BCUT2D eigenvalue weighted by Crippen LogP contribution is 2.30. The van der Waals surface area contributed by atoms with Crippen LogP contribution in [-0.4, -0.2) is 25.0 Å². The first-order valence-electron chi connectivity index (χ1n) is 7.42. The first kappa shape index (κ1) is 16.6. The second-order valence-electron chi connectivity index (χ2n) is 5.33. The van der Waals surface area contributed by atoms with Crippen LogP contribution in [0.5, 0.6) is 0 Å². The van der Waals surface area contributed by atoms with Crippen LogP contribution < -0.4 is 5.32 Å². The zero-order valence-electron chi connectivity index (χ0n) is 12.6. The fourth-order valence-corrected chi connectivity index (χ4v) is 2.86. The minimum atomic E-state index is -0.709. The number of carbonyl (C=O) groups excluding carboxylic acids is 2. The van der Waals surface area contributed by atoms with Crippen LogP contribution in [0.1, 0.15) is 42.5 Å². The van der Waals surface area contributed by atoms with Gasteiger partial charge in [0.05, 0.1) is 7.11 Å². The van der Waals surface area contributed by atoms with E-state index in [2.05, 4.69) is 5.32 Å². The maximum absolute atomic E-state index is 12.2. The molecule has 0 radical (unpaired) electrons. The van der Waals surface area contributed by atoms with Crippen molar-refractivity contribution in [2.75, 3.05) is 7.11 Å². The van der Waals surface area contributed by atoms with Crippen molar-refractivity contribution >= 4 is 23.5 Å². The Kier molecular flexibility index (Phi) is 6.01. The number of halogens is 1. The van der Waals surface area contributed by atoms with Crippen molar-refractivity contribution in [2.24, 2.45) is 0 Å². The summed E-state index contributed by atoms with van der Waals surface area (Å²) in [6, 6.07) is 8.10. The Morgan fingerprint density at radius 2 is 1.91 bits per heavy atom. The average Bonchev–Trinajstić information content (AvgIpc) is 2.56. The number of rotatable bonds is 5. The van der Waals surface area contributed by atoms with Gasteiger partial charge in [0.2, 0.25) is 0 Å². The SMILES string of the molecule is COC(=O)C(CC1=C(Cl)CCCC1)NC(=O)c1ccccc1. The number of benzene rings is 1. The molecule has 1 aliphatic rings. The van der Waals surface area contributed by atoms with Gasteiger partial charge in [-0.1, -0.05) is 35.4 Å². The van der Waals surface area contributed by atoms with Crippen LogP contribution in [0.3, 0.4) is 0 Å². The molecule has 1 N–H and O–H groups in total. The lowest BCUT2D eigenvalue weighted by Crippen LogP contribution is -2.42. The molecule has 1 atom stereocenters. The molecule has 0 heterocycles. The minimum Gasteiger partial charge on any atom is -0.467 e. The van der Waals surface area contributed by atoms with Gasteiger partial charge in [0.15, 0.2) is 0 Å². The van der Waals surface area contributed by atoms with Crippen molar-refractivity contribution in [3.05, 3.63) is 46.5 Å². The average molecular weight is 322 g/mol. The second kappa shape index (κ2) is 7.99. The summed E-state index contributed by atoms with van der Waals surface area (Å²) in [4.78, 5) is 24.2. The van der Waals surface area contributed by atoms with E-state index in [1.807, 2.05) is 6.07 Å². The standard InChI is InChI=1S/C17H20ClNO3/c1-22-17(21)15(11-13-9-5-6-10-14(13)18)19-16(20)12-7-3-2-4-8-12/h2-4,7-8,15H,5-6,9-11H2,1H3,(H,19,20). The molecule has 1 aromatic carbocycles. The molecule has 2 rings (SSSR count). The van der Waals surface area contributed by atoms with E-state index in [4.69, 9.17) is 16.3 Å². The highest BCUT2D eigenvalue weighted by molar-refractivity contribution is 6.30. The van der Waals surface area contributed by atoms with Crippen LogP contribution in [0.2, 0.25) is 0 Å². The van der Waals surface area contributed by atoms with Gasteiger partial charge >= 0.3 is 5.97 Å². The molecule has 1 amide bonds. The lowest BCUT2D eigenvalue weighted by Gasteiger charge is -2.21. The van der Waals surface area contributed by atoms with Gasteiger partial charge in [-0.3, -0.25) is 4.79 Å². The van der Waals surface area contributed by atoms with E-state index >= 15 is 0 Å². The molecule has 0 aromatic heterocycles. The van der Waals surface area contributed by atoms with Gasteiger partial charge in [0, 0.05) is 17.0 Å². The molecule has 0 fully saturated rings. The van der Waals surface area contributed by atoms with Crippen molar-refractivity contribution in [1.29, 1.82) is 0 Å². The Labute approximate surface area is 135 Å². The topological polar surface area (TPSA) is 55.4 Å². The van der Waals surface area contributed by atoms with Crippen molar-refractivity contribution in [2.45, 2.75) is 38.1 Å². The van der Waals surface area contributed by atoms with Gasteiger partial charge in [0.1, 0.15) is 6.04 Å². The summed E-state index contributed by atoms with van der Waals surface area (Å²) in [6.45, 7) is 0. The van der Waals surface area contributed by atoms with Crippen LogP contribution in [-0.2, 0) is 9.53 Å². The lowest BCUT2D eigenvalue weighted by atomic mass is 9.94. The number of methoxy groups -OCH3 is 1. The van der Waals surface area contributed by atoms with E-state index in [1.54, 1.807) is 24.3 Å². The summed E-state index contributed by atoms with van der Waals surface area (Å²) in [5.41, 5.74) is 1.55. The number of ether oxygens (including phenoxy) is 1. The lowest BCUT2D eigenvalue weighted by molar-refractivity contribution is -0.142. The third-order valence-corrected chi connectivity index (χ3v) is 4.24. The van der Waals surface area contributed by atoms with Crippen LogP contribution >= 0.6 is 11.6 Å². The molecule has 0 saturated carbocycles. The molecule has 0 spiro atoms. The fraction of sp³-hybridized carbons (Fsp3) is 0.412. The number of amides is 1. The zero-order chi connectivity index (χ0) is 15.9. The smallest absolute Gasteiger partial charge is 0.328 e. The van der Waals surface area contributed by atoms with Crippen molar-refractivity contribution in [3.63, 3.8) is 0 Å². The Balaban J connectivity index is 2.10. The Hall–Kier alpha value is -1.81. The first-order valence-corrected chi connectivity index (χ1v) is 7.79. The summed E-state index contributed by atoms with van der Waals surface area (Å²) < 4.78 is 4.81. The maximum Gasteiger partial charge on any atom is 0.328 e. The third-order valence-electron chi connectivity index (χ3n) is 3.79. The van der Waals surface area contributed by atoms with Crippen LogP contribution in [0.4, 0.5) is 0 Å². The Morgan fingerprint density at radius 1 is 1.23 bits per heavy atom. The van der Waals surface area contributed by atoms with E-state index < -0.39 is 12.0 Å². The number of esters is 1. The number of nitrogens with one attached hydrogen (secondary N) is 1. The molecule has 5 heteroatoms. The van der Waals surface area contributed by atoms with Gasteiger partial charge in [-0.25, -0.2) is 4.79 Å². The predicted molar refractivity (Wildman–Crippen MR) is 85.7 cm³/mol. The fourth-order valence-electron chi connectivity index (χ4n) is 2.56. The van der Waals surface area contributed by atoms with E-state index in [0.29, 0.717) is 12.0 Å². The molecule has 0 bridgehead atoms. The van der Waals surface area contributed by atoms with Gasteiger partial charge in [-0.15, -0.1) is 0 Å². The number of hydrogen-bond acceptors (Lipinski definition) is 3. The van der Waals surface area contributed by atoms with Gasteiger partial charge in [0.25, 0.3) is 5.91 Å². The quantitative estimate of drug-likeness (QED) is 0.845. The minimum absolute atomic E-state index is 0.288. The summed E-state index contributed by atoms with van der Waals surface area (Å²) in [5.74, 6) is -0.740. The van der Waals surface area contributed by atoms with Crippen LogP contribution in [0.15, 0.2) is 40.9 Å². The molecule has 4 nitrogen and oxygen atoms in total. The highest BCUT2D eigenvalue weighted by Gasteiger charge is 2.25. The highest BCUT2D eigenvalue weighted by atomic mass is 35.5. The number of hydrogen-bond donors (Lipinski definition) is 1. The van der Waals surface area contributed by atoms with Crippen molar-refractivity contribution in [1.82, 2.24) is 5.32 Å². The maximum atomic E-state index is 12.2. The molecule has 0 aliphatic heterocycles. The van der Waals surface area contributed by atoms with E-state index in [-0.39, 0.29) is 5.91 Å². The van der Waals surface area contributed by atoms with Gasteiger partial charge < -0.3 is 10.1 Å². The summed E-state index contributed by atoms with van der Waals surface area (Å²) in [7, 11) is 1.32. The summed E-state index contributed by atoms with van der Waals surface area (Å²) in [5, 5.41) is 3.56. The monoisotopic (exact) mass is 321 g/mol. The van der Waals surface area contributed by atoms with E-state index in [9.17, 15) is 9.59 Å². The Bertz CT molecular complexity index is 569. The van der Waals surface area contributed by atoms with E-state index in [0.717, 1.165) is 36.3 Å². The molecular weight excluding hydrogens is 302 g/mol. The number of allylic oxidation sites excluding steroid dienone is 1. The summed E-state index contributed by atoms with van der Waals surface area (Å²) in [6.07, 6.45) is 4.25. The van der Waals surface area contributed by atoms with Crippen molar-refractivity contribution < 1.29 is 14.3 Å². The van der Waals surface area contributed by atoms with Crippen LogP contribution in [0.25, 0.3) is 0 Å². The Morgan fingerprint density at radius 3 is 2.55 bits per heavy atom. The molecule has 1 aromatic rings. The molecule has 0 saturated heterocycles. The zero-order valence-corrected chi connectivity index (χ0v) is 13.4. The first-order chi connectivity index (χ1) is 10.6. The molecule has 118 valence electrons.